The summed E-state index contributed by atoms with van der Waals surface area (Å²) >= 11 is 0. The Bertz CT molecular complexity index is 3260. The van der Waals surface area contributed by atoms with E-state index in [1.165, 1.54) is 68.8 Å². The molecule has 7 N–H and O–H groups in total. The smallest absolute Gasteiger partial charge is 0.248 e. The van der Waals surface area contributed by atoms with E-state index in [9.17, 15) is 24.3 Å². The van der Waals surface area contributed by atoms with Crippen molar-refractivity contribution in [2.75, 3.05) is 81.7 Å². The molecule has 0 saturated carbocycles. The average molecular weight is 1500 g/mol. The van der Waals surface area contributed by atoms with Crippen LogP contribution in [0.5, 0.6) is 0 Å². The molecule has 2 aromatic carbocycles. The zero-order valence-electron chi connectivity index (χ0n) is 66.9. The molecule has 2 saturated heterocycles. The van der Waals surface area contributed by atoms with Gasteiger partial charge in [0.05, 0.1) is 25.7 Å². The fourth-order valence-electron chi connectivity index (χ4n) is 13.5. The summed E-state index contributed by atoms with van der Waals surface area (Å²) in [7, 11) is 8.36. The summed E-state index contributed by atoms with van der Waals surface area (Å²) in [4.78, 5) is 204. The lowest BCUT2D eigenvalue weighted by molar-refractivity contribution is -0.151. The minimum absolute atomic E-state index is 0.0178. The number of nitrogens with one attached hydrogen (secondary N) is 6. The van der Waals surface area contributed by atoms with Gasteiger partial charge in [0.15, 0.2) is 0 Å². The molecule has 107 heavy (non-hydrogen) atoms. The summed E-state index contributed by atoms with van der Waals surface area (Å²) in [5.74, 6) is -10.9. The van der Waals surface area contributed by atoms with Gasteiger partial charge in [-0.1, -0.05) is 143 Å². The SMILES string of the molecule is CCCCN1CC(=O)N(C)[C@@H](CC(C)C)C(=O)N[C@@H](COCC(=O)NC)C(=O)N(C)[C@@H](CCc2ccccc2)C(=O)N(C)[C@@H](CC(C)C)C(=O)N[C@H](C(=O)N2CCCCC2)CC(=O)N[C@H](CC(C)C)C(=O)N(C)[C@@H](CC(C)C)C(=O)N[C@@H](Cc2ccccc2)C(=O)N(C)[C@@H](CC(C)C)C(=O)N[C@@H]([C@@H](C)O)C1=O. The standard InChI is InChI=1S/C79H127N13O15/c1-19-20-36-92-46-68(96)86(14)62(40-50(4)5)70(97)84-60(47-107-48-67(95)80-13)76(103)87(15)61(35-34-55-30-24-21-25-31-55)78(105)90(18)64(42-52(8)9)72(99)83-59(77(104)91-37-28-23-29-38-91)45-66(94)81-57(39-49(2)3)74(101)88(16)63(41-51(6)7)71(98)82-58(44-56-32-26-22-27-33-56)75(102)89(17)65(43-53(10)11)73(100)85-69(54(12)93)79(92)106/h21-22,24-27,30-33,49-54,57-65,69,93H,19-20,23,28-29,34-48H2,1-18H3,(H,80,95)(H,81,94)(H,82,98)(H,83,99)(H,84,97)(H,85,100)/t54-,57-,58+,59+,60+,61+,62+,63+,64+,65+,69+/m1/s1. The largest absolute Gasteiger partial charge is 0.391 e. The van der Waals surface area contributed by atoms with Gasteiger partial charge in [-0.15, -0.1) is 0 Å². The maximum atomic E-state index is 15.7. The van der Waals surface area contributed by atoms with Gasteiger partial charge < -0.3 is 76.0 Å². The molecule has 2 aromatic rings. The van der Waals surface area contributed by atoms with Crippen molar-refractivity contribution in [2.24, 2.45) is 29.6 Å². The van der Waals surface area contributed by atoms with Gasteiger partial charge in [0.1, 0.15) is 67.0 Å². The number of benzene rings is 2. The van der Waals surface area contributed by atoms with Gasteiger partial charge >= 0.3 is 0 Å². The molecule has 2 fully saturated rings. The van der Waals surface area contributed by atoms with Crippen LogP contribution >= 0.6 is 0 Å². The number of aliphatic hydroxyl groups is 1. The molecule has 4 rings (SSSR count). The predicted octanol–water partition coefficient (Wildman–Crippen LogP) is 3.84. The van der Waals surface area contributed by atoms with Crippen molar-refractivity contribution < 1.29 is 72.2 Å². The zero-order chi connectivity index (χ0) is 80.1. The lowest BCUT2D eigenvalue weighted by Crippen LogP contribution is -2.62. The molecule has 0 radical (unpaired) electrons. The summed E-state index contributed by atoms with van der Waals surface area (Å²) in [6.07, 6.45) is 1.19. The monoisotopic (exact) mass is 1500 g/mol. The Morgan fingerprint density at radius 2 is 0.953 bits per heavy atom. The Kier molecular flexibility index (Phi) is 37.9. The van der Waals surface area contributed by atoms with Crippen LogP contribution in [0.3, 0.4) is 0 Å². The Balaban J connectivity index is 2.04. The highest BCUT2D eigenvalue weighted by atomic mass is 16.5. The number of likely N-dealkylation sites (tertiary alicyclic amines) is 1. The summed E-state index contributed by atoms with van der Waals surface area (Å²) in [5.41, 5.74) is 1.43. The third kappa shape index (κ3) is 28.5. The van der Waals surface area contributed by atoms with Crippen molar-refractivity contribution in [1.82, 2.24) is 66.2 Å². The van der Waals surface area contributed by atoms with Crippen molar-refractivity contribution in [3.05, 3.63) is 71.8 Å². The fourth-order valence-corrected chi connectivity index (χ4v) is 13.5. The van der Waals surface area contributed by atoms with Gasteiger partial charge in [-0.05, 0) is 118 Å². The van der Waals surface area contributed by atoms with Crippen LogP contribution in [-0.4, -0.2) is 264 Å². The van der Waals surface area contributed by atoms with E-state index in [1.807, 2.05) is 106 Å². The zero-order valence-corrected chi connectivity index (χ0v) is 66.9. The van der Waals surface area contributed by atoms with E-state index in [-0.39, 0.29) is 87.5 Å². The third-order valence-electron chi connectivity index (χ3n) is 19.7. The number of carbonyl (C=O) groups excluding carboxylic acids is 13. The van der Waals surface area contributed by atoms with E-state index in [2.05, 4.69) is 31.9 Å². The molecule has 28 nitrogen and oxygen atoms in total. The van der Waals surface area contributed by atoms with Gasteiger partial charge in [0.25, 0.3) is 0 Å². The first kappa shape index (κ1) is 90.9. The molecule has 0 aromatic heterocycles. The minimum atomic E-state index is -1.69. The van der Waals surface area contributed by atoms with Crippen LogP contribution in [-0.2, 0) is 79.9 Å². The second-order valence-electron chi connectivity index (χ2n) is 31.2. The van der Waals surface area contributed by atoms with Crippen LogP contribution in [0.15, 0.2) is 60.7 Å². The molecule has 598 valence electrons. The molecule has 2 heterocycles. The molecule has 0 aliphatic carbocycles. The highest BCUT2D eigenvalue weighted by molar-refractivity contribution is 6.00. The highest BCUT2D eigenvalue weighted by Crippen LogP contribution is 2.24. The predicted molar refractivity (Wildman–Crippen MR) is 408 cm³/mol. The number of piperidine rings is 1. The summed E-state index contributed by atoms with van der Waals surface area (Å²) < 4.78 is 5.80. The molecule has 11 atom stereocenters. The molecule has 0 bridgehead atoms. The lowest BCUT2D eigenvalue weighted by atomic mass is 9.97. The Morgan fingerprint density at radius 1 is 0.514 bits per heavy atom. The number of nitrogens with zero attached hydrogens (tertiary/aromatic N) is 7. The number of ether oxygens (including phenoxy) is 1. The summed E-state index contributed by atoms with van der Waals surface area (Å²) in [5, 5.41) is 28.1. The molecule has 0 spiro atoms. The van der Waals surface area contributed by atoms with E-state index in [0.717, 1.165) is 21.8 Å². The number of aryl methyl sites for hydroxylation is 1. The second-order valence-corrected chi connectivity index (χ2v) is 31.2. The van der Waals surface area contributed by atoms with E-state index in [4.69, 9.17) is 4.74 Å². The maximum Gasteiger partial charge on any atom is 0.248 e. The molecule has 2 aliphatic rings. The van der Waals surface area contributed by atoms with Gasteiger partial charge in [-0.3, -0.25) is 62.3 Å². The van der Waals surface area contributed by atoms with Crippen molar-refractivity contribution in [3.8, 4) is 0 Å². The van der Waals surface area contributed by atoms with Crippen molar-refractivity contribution in [2.45, 2.75) is 239 Å². The Morgan fingerprint density at radius 3 is 1.44 bits per heavy atom. The van der Waals surface area contributed by atoms with Gasteiger partial charge in [-0.2, -0.15) is 0 Å². The minimum Gasteiger partial charge on any atom is -0.391 e. The van der Waals surface area contributed by atoms with E-state index in [1.54, 1.807) is 35.2 Å². The van der Waals surface area contributed by atoms with Crippen molar-refractivity contribution in [1.29, 1.82) is 0 Å². The van der Waals surface area contributed by atoms with Crippen LogP contribution in [0.4, 0.5) is 0 Å². The van der Waals surface area contributed by atoms with E-state index < -0.39 is 169 Å². The number of amides is 13. The quantitative estimate of drug-likeness (QED) is 0.0785. The molecule has 13 amide bonds. The topological polar surface area (TPSA) is 346 Å². The Labute approximate surface area is 635 Å². The molecule has 28 heteroatoms. The summed E-state index contributed by atoms with van der Waals surface area (Å²) in [6, 6.07) is 3.90. The van der Waals surface area contributed by atoms with Gasteiger partial charge in [-0.25, -0.2) is 0 Å². The highest BCUT2D eigenvalue weighted by Gasteiger charge is 2.44. The first-order chi connectivity index (χ1) is 50.4. The number of rotatable bonds is 24. The Hall–Kier alpha value is -8.53. The van der Waals surface area contributed by atoms with E-state index >= 15 is 43.2 Å². The average Bonchev–Trinajstić information content (AvgIpc) is 0.823. The molecule has 2 aliphatic heterocycles. The van der Waals surface area contributed by atoms with Crippen LogP contribution in [0.1, 0.15) is 171 Å². The van der Waals surface area contributed by atoms with Crippen LogP contribution in [0.2, 0.25) is 0 Å². The second kappa shape index (κ2) is 44.7. The first-order valence-electron chi connectivity index (χ1n) is 38.4. The first-order valence-corrected chi connectivity index (χ1v) is 38.4. The van der Waals surface area contributed by atoms with Crippen molar-refractivity contribution >= 4 is 76.8 Å². The number of unbranched alkanes of at least 4 members (excludes halogenated alkanes) is 1. The van der Waals surface area contributed by atoms with Crippen molar-refractivity contribution in [3.63, 3.8) is 0 Å². The molecular formula is C79H127N13O15. The fraction of sp³-hybridized carbons (Fsp3) is 0.684. The van der Waals surface area contributed by atoms with Gasteiger partial charge in [0, 0.05) is 68.3 Å². The number of hydrogen-bond donors (Lipinski definition) is 7. The van der Waals surface area contributed by atoms with E-state index in [0.29, 0.717) is 44.3 Å². The number of hydrogen-bond acceptors (Lipinski definition) is 15. The number of likely N-dealkylation sites (N-methyl/N-ethyl adjacent to an activating group) is 6. The van der Waals surface area contributed by atoms with Crippen LogP contribution < -0.4 is 31.9 Å². The summed E-state index contributed by atoms with van der Waals surface area (Å²) in [6.45, 7) is 20.4. The maximum absolute atomic E-state index is 15.7. The molecular weight excluding hydrogens is 1370 g/mol. The third-order valence-corrected chi connectivity index (χ3v) is 19.7. The van der Waals surface area contributed by atoms with Gasteiger partial charge in [0.2, 0.25) is 76.8 Å². The number of carbonyl (C=O) groups is 13. The van der Waals surface area contributed by atoms with Crippen LogP contribution in [0, 0.1) is 29.6 Å². The number of aliphatic hydroxyl groups excluding tert-OH is 1. The molecule has 0 unspecified atom stereocenters. The van der Waals surface area contributed by atoms with Crippen LogP contribution in [0.25, 0.3) is 0 Å². The lowest BCUT2D eigenvalue weighted by Gasteiger charge is -2.37. The normalized spacial score (nSPS) is 24.1.